The predicted octanol–water partition coefficient (Wildman–Crippen LogP) is 1.07. The Labute approximate surface area is 74.0 Å². The summed E-state index contributed by atoms with van der Waals surface area (Å²) in [6.45, 7) is 2.65. The minimum absolute atomic E-state index is 0.426. The first-order chi connectivity index (χ1) is 5.86. The van der Waals surface area contributed by atoms with Gasteiger partial charge in [-0.2, -0.15) is 0 Å². The third-order valence-electron chi connectivity index (χ3n) is 1.85. The number of hydrogen-bond donors (Lipinski definition) is 0. The molecule has 3 heteroatoms. The molecule has 0 radical (unpaired) electrons. The molecule has 1 atom stereocenters. The topological polar surface area (TPSA) is 31.0 Å². The second kappa shape index (κ2) is 5.51. The van der Waals surface area contributed by atoms with Gasteiger partial charge in [0.1, 0.15) is 6.10 Å². The van der Waals surface area contributed by atoms with E-state index in [1.165, 1.54) is 12.8 Å². The third-order valence-corrected chi connectivity index (χ3v) is 1.85. The summed E-state index contributed by atoms with van der Waals surface area (Å²) in [6.07, 6.45) is 3.22. The van der Waals surface area contributed by atoms with Crippen LogP contribution in [0.2, 0.25) is 0 Å². The first-order valence-electron chi connectivity index (χ1n) is 4.46. The number of rotatable bonds is 4. The molecule has 2 fully saturated rings. The van der Waals surface area contributed by atoms with Crippen LogP contribution in [0.3, 0.4) is 0 Å². The first kappa shape index (κ1) is 9.96. The Hall–Kier alpha value is -0.120. The summed E-state index contributed by atoms with van der Waals surface area (Å²) in [7, 11) is 3.44. The van der Waals surface area contributed by atoms with Crippen molar-refractivity contribution in [2.45, 2.75) is 18.9 Å². The molecule has 3 nitrogen and oxygen atoms in total. The van der Waals surface area contributed by atoms with Gasteiger partial charge in [0.15, 0.2) is 0 Å². The smallest absolute Gasteiger partial charge is 0.104 e. The summed E-state index contributed by atoms with van der Waals surface area (Å²) in [5, 5.41) is 0. The zero-order valence-corrected chi connectivity index (χ0v) is 7.91. The molecule has 1 saturated carbocycles. The fourth-order valence-corrected chi connectivity index (χ4v) is 0.870. The summed E-state index contributed by atoms with van der Waals surface area (Å²) < 4.78 is 14.4. The molecule has 0 aromatic rings. The van der Waals surface area contributed by atoms with Crippen molar-refractivity contribution in [1.29, 1.82) is 0 Å². The molecule has 0 amide bonds. The first-order valence-corrected chi connectivity index (χ1v) is 4.46. The van der Waals surface area contributed by atoms with Crippen LogP contribution in [-0.4, -0.2) is 40.1 Å². The number of hydrogen-bond acceptors (Lipinski definition) is 3. The zero-order chi connectivity index (χ0) is 8.81. The van der Waals surface area contributed by atoms with E-state index in [1.807, 2.05) is 0 Å². The molecule has 0 N–H and O–H groups in total. The van der Waals surface area contributed by atoms with Gasteiger partial charge in [-0.05, 0) is 18.8 Å². The Morgan fingerprint density at radius 3 is 1.92 bits per heavy atom. The minimum Gasteiger partial charge on any atom is -0.384 e. The van der Waals surface area contributed by atoms with Gasteiger partial charge in [-0.15, -0.1) is 0 Å². The molecule has 2 rings (SSSR count). The van der Waals surface area contributed by atoms with E-state index in [1.54, 1.807) is 14.2 Å². The van der Waals surface area contributed by atoms with E-state index >= 15 is 0 Å². The minimum atomic E-state index is 0.426. The van der Waals surface area contributed by atoms with Crippen molar-refractivity contribution in [3.63, 3.8) is 0 Å². The van der Waals surface area contributed by atoms with Crippen LogP contribution in [-0.2, 0) is 14.2 Å². The maximum atomic E-state index is 4.87. The highest BCUT2D eigenvalue weighted by atomic mass is 16.6. The third kappa shape index (κ3) is 5.52. The summed E-state index contributed by atoms with van der Waals surface area (Å²) in [5.74, 6) is 0.926. The van der Waals surface area contributed by atoms with Crippen LogP contribution in [0.15, 0.2) is 0 Å². The van der Waals surface area contributed by atoms with Gasteiger partial charge in [-0.25, -0.2) is 0 Å². The van der Waals surface area contributed by atoms with Crippen LogP contribution in [0, 0.1) is 5.92 Å². The molecule has 1 heterocycles. The fraction of sp³-hybridized carbons (Fsp3) is 1.00. The van der Waals surface area contributed by atoms with E-state index in [0.29, 0.717) is 6.10 Å². The molecule has 0 bridgehead atoms. The Kier molecular flexibility index (Phi) is 4.58. The van der Waals surface area contributed by atoms with E-state index in [-0.39, 0.29) is 0 Å². The van der Waals surface area contributed by atoms with Gasteiger partial charge in [-0.3, -0.25) is 0 Å². The average Bonchev–Trinajstić information content (AvgIpc) is 2.81. The second-order valence-corrected chi connectivity index (χ2v) is 3.31. The van der Waals surface area contributed by atoms with E-state index in [9.17, 15) is 0 Å². The molecule has 72 valence electrons. The van der Waals surface area contributed by atoms with E-state index in [4.69, 9.17) is 14.2 Å². The van der Waals surface area contributed by atoms with Crippen LogP contribution in [0.25, 0.3) is 0 Å². The standard InChI is InChI=1S/C5H10O.C4H8O2/c1-6-4-5-2-3-5;1-5-2-4-3-6-4/h5H,2-4H2,1H3;4H,2-3H2,1H3. The monoisotopic (exact) mass is 174 g/mol. The van der Waals surface area contributed by atoms with Gasteiger partial charge in [-0.1, -0.05) is 0 Å². The zero-order valence-electron chi connectivity index (χ0n) is 7.91. The predicted molar refractivity (Wildman–Crippen MR) is 46.2 cm³/mol. The molecule has 1 unspecified atom stereocenters. The molecule has 1 aliphatic heterocycles. The van der Waals surface area contributed by atoms with Crippen molar-refractivity contribution in [2.24, 2.45) is 5.92 Å². The fourth-order valence-electron chi connectivity index (χ4n) is 0.870. The lowest BCUT2D eigenvalue weighted by atomic mass is 10.5. The molecular weight excluding hydrogens is 156 g/mol. The highest BCUT2D eigenvalue weighted by Crippen LogP contribution is 2.28. The van der Waals surface area contributed by atoms with Gasteiger partial charge >= 0.3 is 0 Å². The Morgan fingerprint density at radius 1 is 1.17 bits per heavy atom. The lowest BCUT2D eigenvalue weighted by Gasteiger charge is -1.87. The number of ether oxygens (including phenoxy) is 3. The van der Waals surface area contributed by atoms with Gasteiger partial charge in [0, 0.05) is 20.8 Å². The lowest BCUT2D eigenvalue weighted by Crippen LogP contribution is -1.94. The Balaban J connectivity index is 0.000000120. The van der Waals surface area contributed by atoms with Crippen molar-refractivity contribution in [3.05, 3.63) is 0 Å². The highest BCUT2D eigenvalue weighted by molar-refractivity contribution is 4.71. The summed E-state index contributed by atoms with van der Waals surface area (Å²) in [6, 6.07) is 0. The molecule has 0 spiro atoms. The van der Waals surface area contributed by atoms with Crippen molar-refractivity contribution in [1.82, 2.24) is 0 Å². The highest BCUT2D eigenvalue weighted by Gasteiger charge is 2.21. The maximum absolute atomic E-state index is 4.87. The van der Waals surface area contributed by atoms with Crippen molar-refractivity contribution < 1.29 is 14.2 Å². The molecule has 0 aromatic carbocycles. The van der Waals surface area contributed by atoms with Crippen LogP contribution in [0.1, 0.15) is 12.8 Å². The van der Waals surface area contributed by atoms with Crippen molar-refractivity contribution >= 4 is 0 Å². The summed E-state index contributed by atoms with van der Waals surface area (Å²) in [5.41, 5.74) is 0. The number of epoxide rings is 1. The maximum Gasteiger partial charge on any atom is 0.104 e. The normalized spacial score (nSPS) is 26.0. The average molecular weight is 174 g/mol. The van der Waals surface area contributed by atoms with Gasteiger partial charge in [0.2, 0.25) is 0 Å². The van der Waals surface area contributed by atoms with E-state index in [0.717, 1.165) is 25.7 Å². The molecule has 12 heavy (non-hydrogen) atoms. The summed E-state index contributed by atoms with van der Waals surface area (Å²) in [4.78, 5) is 0. The van der Waals surface area contributed by atoms with Crippen LogP contribution >= 0.6 is 0 Å². The van der Waals surface area contributed by atoms with Crippen molar-refractivity contribution in [3.8, 4) is 0 Å². The van der Waals surface area contributed by atoms with Crippen molar-refractivity contribution in [2.75, 3.05) is 34.0 Å². The van der Waals surface area contributed by atoms with Crippen LogP contribution in [0.5, 0.6) is 0 Å². The Bertz CT molecular complexity index is 94.3. The van der Waals surface area contributed by atoms with Crippen LogP contribution < -0.4 is 0 Å². The van der Waals surface area contributed by atoms with Gasteiger partial charge in [0.05, 0.1) is 13.2 Å². The van der Waals surface area contributed by atoms with E-state index < -0.39 is 0 Å². The molecule has 1 aliphatic carbocycles. The quantitative estimate of drug-likeness (QED) is 0.597. The van der Waals surface area contributed by atoms with Gasteiger partial charge in [0.25, 0.3) is 0 Å². The Morgan fingerprint density at radius 2 is 1.75 bits per heavy atom. The van der Waals surface area contributed by atoms with Crippen LogP contribution in [0.4, 0.5) is 0 Å². The van der Waals surface area contributed by atoms with E-state index in [2.05, 4.69) is 0 Å². The number of methoxy groups -OCH3 is 2. The molecule has 2 aliphatic rings. The second-order valence-electron chi connectivity index (χ2n) is 3.31. The SMILES string of the molecule is COCC1CC1.COCC1CO1. The lowest BCUT2D eigenvalue weighted by molar-refractivity contribution is 0.171. The summed E-state index contributed by atoms with van der Waals surface area (Å²) >= 11 is 0. The largest absolute Gasteiger partial charge is 0.384 e. The molecule has 1 saturated heterocycles. The molecular formula is C9H18O3. The molecule has 0 aromatic heterocycles. The van der Waals surface area contributed by atoms with Gasteiger partial charge < -0.3 is 14.2 Å².